The van der Waals surface area contributed by atoms with Gasteiger partial charge in [-0.15, -0.1) is 0 Å². The van der Waals surface area contributed by atoms with Crippen LogP contribution in [-0.2, 0) is 66.7 Å². The lowest BCUT2D eigenvalue weighted by molar-refractivity contribution is -0.208. The summed E-state index contributed by atoms with van der Waals surface area (Å²) in [5.41, 5.74) is -1.68. The summed E-state index contributed by atoms with van der Waals surface area (Å²) in [4.78, 5) is 86.8. The van der Waals surface area contributed by atoms with Gasteiger partial charge in [0.05, 0.1) is 35.2 Å². The van der Waals surface area contributed by atoms with Gasteiger partial charge in [-0.3, -0.25) is 28.8 Å². The molecule has 0 aromatic carbocycles. The van der Waals surface area contributed by atoms with Gasteiger partial charge in [-0.05, 0) is 271 Å². The maximum absolute atomic E-state index is 13.2. The maximum Gasteiger partial charge on any atom is 0.344 e. The second kappa shape index (κ2) is 29.2. The van der Waals surface area contributed by atoms with Crippen molar-refractivity contribution < 1.29 is 66.7 Å². The molecular weight excluding hydrogens is 1110 g/mol. The summed E-state index contributed by atoms with van der Waals surface area (Å²) in [7, 11) is 0. The summed E-state index contributed by atoms with van der Waals surface area (Å²) in [6.07, 6.45) is 23.2. The smallest absolute Gasteiger partial charge is 0.344 e. The molecule has 14 heteroatoms. The Morgan fingerprint density at radius 2 is 1.02 bits per heavy atom. The standard InChI is InChI=1S/C29H40O6.C20H32O4.C19H30O4.6CH4/c1-3-13(2)28(31)35-23-11-16-10-21(23)25-19-8-15(24(16)25)9-20(19)29(32)34-12-33-27-18-5-14-4-17(7-18)26(30)22(27)6-14;1-5-19(2,3)18(22)23-7-6-17(21)24-20(4)15-9-13-8-14(11-15)12-16(20)10-13;1-5-18(2,3)17(21)22-11-16(20)23-19(4)14-7-12-6-13(9-14)10-15(19)8-12;;;;;;/h13-25,27H,3-12H2,1-2H3;13-16H,5-12H2,1-4H3;12-15H,5-11H2,1-4H3;6*1H4. The normalized spacial score (nSPS) is 40.5. The van der Waals surface area contributed by atoms with E-state index in [1.807, 2.05) is 55.4 Å². The summed E-state index contributed by atoms with van der Waals surface area (Å²) in [6, 6.07) is 0. The molecule has 14 atom stereocenters. The van der Waals surface area contributed by atoms with Crippen LogP contribution in [0.4, 0.5) is 0 Å². The highest BCUT2D eigenvalue weighted by atomic mass is 16.7. The molecule has 16 rings (SSSR count). The van der Waals surface area contributed by atoms with Crippen LogP contribution in [0.15, 0.2) is 0 Å². The van der Waals surface area contributed by atoms with Crippen molar-refractivity contribution in [2.24, 2.45) is 129 Å². The largest absolute Gasteiger partial charge is 0.465 e. The molecule has 0 saturated heterocycles. The molecule has 0 N–H and O–H groups in total. The van der Waals surface area contributed by atoms with E-state index in [9.17, 15) is 33.6 Å². The van der Waals surface area contributed by atoms with Crippen LogP contribution in [0.1, 0.15) is 255 Å². The molecule has 0 aliphatic heterocycles. The molecule has 506 valence electrons. The third-order valence-corrected chi connectivity index (χ3v) is 25.8. The van der Waals surface area contributed by atoms with Gasteiger partial charge in [-0.1, -0.05) is 72.3 Å². The molecule has 16 aliphatic rings. The summed E-state index contributed by atoms with van der Waals surface area (Å²) in [5.74, 6) is 9.11. The van der Waals surface area contributed by atoms with E-state index in [1.54, 1.807) is 0 Å². The Balaban J connectivity index is 0.000000240. The minimum Gasteiger partial charge on any atom is -0.465 e. The van der Waals surface area contributed by atoms with E-state index in [0.29, 0.717) is 83.2 Å². The van der Waals surface area contributed by atoms with Crippen molar-refractivity contribution in [3.05, 3.63) is 0 Å². The van der Waals surface area contributed by atoms with Crippen molar-refractivity contribution in [2.75, 3.05) is 20.0 Å². The zero-order chi connectivity index (χ0) is 58.4. The van der Waals surface area contributed by atoms with E-state index in [4.69, 9.17) is 33.2 Å². The van der Waals surface area contributed by atoms with Gasteiger partial charge in [-0.25, -0.2) is 4.79 Å². The van der Waals surface area contributed by atoms with Gasteiger partial charge in [0.1, 0.15) is 29.7 Å². The molecule has 0 amide bonds. The van der Waals surface area contributed by atoms with Crippen molar-refractivity contribution in [2.45, 2.75) is 278 Å². The van der Waals surface area contributed by atoms with E-state index in [2.05, 4.69) is 13.8 Å². The van der Waals surface area contributed by atoms with Gasteiger partial charge in [0.2, 0.25) is 0 Å². The lowest BCUT2D eigenvalue weighted by Crippen LogP contribution is -2.58. The first-order valence-electron chi connectivity index (χ1n) is 33.2. The van der Waals surface area contributed by atoms with Crippen LogP contribution in [-0.4, -0.2) is 85.0 Å². The number of carbonyl (C=O) groups excluding carboxylic acids is 7. The van der Waals surface area contributed by atoms with Gasteiger partial charge in [-0.2, -0.15) is 0 Å². The van der Waals surface area contributed by atoms with Crippen LogP contribution in [0.3, 0.4) is 0 Å². The van der Waals surface area contributed by atoms with Gasteiger partial charge in [0, 0.05) is 11.8 Å². The average Bonchev–Trinajstić information content (AvgIpc) is 1.55. The summed E-state index contributed by atoms with van der Waals surface area (Å²) >= 11 is 0. The molecule has 0 spiro atoms. The minimum atomic E-state index is -0.549. The molecule has 16 saturated carbocycles. The van der Waals surface area contributed by atoms with E-state index in [0.717, 1.165) is 81.5 Å². The Morgan fingerprint density at radius 3 is 1.55 bits per heavy atom. The predicted molar refractivity (Wildman–Crippen MR) is 344 cm³/mol. The monoisotopic (exact) mass is 1240 g/mol. The molecule has 16 aliphatic carbocycles. The number of hydrogen-bond donors (Lipinski definition) is 0. The van der Waals surface area contributed by atoms with Crippen LogP contribution in [0.2, 0.25) is 0 Å². The first-order chi connectivity index (χ1) is 38.9. The third-order valence-electron chi connectivity index (χ3n) is 25.8. The van der Waals surface area contributed by atoms with E-state index < -0.39 is 10.8 Å². The lowest BCUT2D eigenvalue weighted by atomic mass is 9.50. The van der Waals surface area contributed by atoms with Crippen molar-refractivity contribution in [3.63, 3.8) is 0 Å². The number of fused-ring (bicyclic) bond motifs is 9. The Kier molecular flexibility index (Phi) is 24.9. The van der Waals surface area contributed by atoms with E-state index in [-0.39, 0.29) is 154 Å². The Morgan fingerprint density at radius 1 is 0.534 bits per heavy atom. The van der Waals surface area contributed by atoms with E-state index >= 15 is 0 Å². The van der Waals surface area contributed by atoms with Crippen LogP contribution >= 0.6 is 0 Å². The number of esters is 6. The second-order valence-electron chi connectivity index (χ2n) is 31.2. The fraction of sp³-hybridized carbons (Fsp3) is 0.905. The first-order valence-corrected chi connectivity index (χ1v) is 33.2. The number of hydrogen-bond acceptors (Lipinski definition) is 14. The number of carbonyl (C=O) groups is 7. The topological polar surface area (TPSA) is 184 Å². The Labute approximate surface area is 533 Å². The fourth-order valence-electron chi connectivity index (χ4n) is 20.7. The first kappa shape index (κ1) is 75.2. The number of ketones is 1. The van der Waals surface area contributed by atoms with Crippen molar-refractivity contribution in [1.82, 2.24) is 0 Å². The van der Waals surface area contributed by atoms with Crippen LogP contribution < -0.4 is 0 Å². The van der Waals surface area contributed by atoms with Crippen LogP contribution in [0.25, 0.3) is 0 Å². The molecule has 16 fully saturated rings. The molecule has 0 aromatic heterocycles. The third kappa shape index (κ3) is 14.3. The molecule has 0 aromatic rings. The Hall–Kier alpha value is -3.55. The van der Waals surface area contributed by atoms with Crippen molar-refractivity contribution in [1.29, 1.82) is 0 Å². The number of ether oxygens (including phenoxy) is 7. The second-order valence-corrected chi connectivity index (χ2v) is 31.2. The Bertz CT molecular complexity index is 2370. The predicted octanol–water partition coefficient (Wildman–Crippen LogP) is 16.0. The van der Waals surface area contributed by atoms with E-state index in [1.165, 1.54) is 70.6 Å². The molecular formula is C74H126O14. The van der Waals surface area contributed by atoms with Crippen LogP contribution in [0, 0.1) is 129 Å². The zero-order valence-electron chi connectivity index (χ0n) is 51.6. The molecule has 0 radical (unpaired) electrons. The molecule has 0 heterocycles. The SMILES string of the molecule is C.C.C.C.C.C.CCC(C)(C)C(=O)OCC(=O)OC1(C)C2CC3CC(C2)CC1C3.CCC(C)(C)C(=O)OCCC(=O)OC1(C)C2CC3CC(C2)CC1C3.CCC(C)C(=O)OC1CC2CC1C1C3CC(CC3C(=O)OCOC3C4CC5CC(C4)C(=O)C3C5)C21. The number of rotatable bonds is 18. The van der Waals surface area contributed by atoms with Crippen LogP contribution in [0.5, 0.6) is 0 Å². The lowest BCUT2D eigenvalue weighted by Gasteiger charge is -2.59. The fourth-order valence-corrected chi connectivity index (χ4v) is 20.7. The van der Waals surface area contributed by atoms with Gasteiger partial charge >= 0.3 is 35.8 Å². The zero-order valence-corrected chi connectivity index (χ0v) is 51.6. The quantitative estimate of drug-likeness (QED) is 0.0546. The van der Waals surface area contributed by atoms with Crippen molar-refractivity contribution in [3.8, 4) is 0 Å². The minimum absolute atomic E-state index is 0. The highest BCUT2D eigenvalue weighted by molar-refractivity contribution is 5.86. The average molecular weight is 1240 g/mol. The maximum atomic E-state index is 13.2. The molecule has 14 nitrogen and oxygen atoms in total. The summed E-state index contributed by atoms with van der Waals surface area (Å²) in [6.45, 7) is 19.4. The number of Topliss-reactive ketones (excluding diaryl/α,β-unsaturated/α-hetero) is 1. The molecule has 14 unspecified atom stereocenters. The summed E-state index contributed by atoms with van der Waals surface area (Å²) < 4.78 is 40.2. The summed E-state index contributed by atoms with van der Waals surface area (Å²) in [5, 5.41) is 0. The van der Waals surface area contributed by atoms with Gasteiger partial charge < -0.3 is 33.2 Å². The highest BCUT2D eigenvalue weighted by Gasteiger charge is 2.67. The van der Waals surface area contributed by atoms with Gasteiger partial charge in [0.15, 0.2) is 13.4 Å². The highest BCUT2D eigenvalue weighted by Crippen LogP contribution is 2.70. The molecule has 88 heavy (non-hydrogen) atoms. The van der Waals surface area contributed by atoms with Crippen molar-refractivity contribution >= 4 is 41.6 Å². The molecule has 16 bridgehead atoms. The van der Waals surface area contributed by atoms with Gasteiger partial charge in [0.25, 0.3) is 0 Å².